The molecule has 2 aromatic rings. The van der Waals surface area contributed by atoms with Crippen molar-refractivity contribution in [2.45, 2.75) is 20.0 Å². The van der Waals surface area contributed by atoms with Gasteiger partial charge in [-0.15, -0.1) is 0 Å². The van der Waals surface area contributed by atoms with Gasteiger partial charge in [0.05, 0.1) is 5.69 Å². The average Bonchev–Trinajstić information content (AvgIpc) is 2.48. The summed E-state index contributed by atoms with van der Waals surface area (Å²) in [6.07, 6.45) is 1.76. The van der Waals surface area contributed by atoms with Crippen LogP contribution in [0.25, 0.3) is 0 Å². The Kier molecular flexibility index (Phi) is 5.46. The summed E-state index contributed by atoms with van der Waals surface area (Å²) in [5.74, 6) is -0.0426. The third kappa shape index (κ3) is 5.42. The Morgan fingerprint density at radius 1 is 1.14 bits per heavy atom. The molecule has 0 aliphatic carbocycles. The Balaban J connectivity index is 1.99. The minimum absolute atomic E-state index is 0.0426. The second kappa shape index (κ2) is 7.33. The van der Waals surface area contributed by atoms with Gasteiger partial charge in [-0.3, -0.25) is 9.88 Å². The first-order valence-electron chi connectivity index (χ1n) is 6.81. The van der Waals surface area contributed by atoms with Gasteiger partial charge in [0, 0.05) is 19.3 Å². The Morgan fingerprint density at radius 2 is 1.86 bits per heavy atom. The van der Waals surface area contributed by atoms with Crippen LogP contribution in [0.4, 0.5) is 3.89 Å². The Morgan fingerprint density at radius 3 is 2.41 bits per heavy atom. The highest BCUT2D eigenvalue weighted by atomic mass is 32.3. The lowest BCUT2D eigenvalue weighted by atomic mass is 10.2. The lowest BCUT2D eigenvalue weighted by molar-refractivity contribution is 0.268. The maximum Gasteiger partial charge on any atom is 0.488 e. The van der Waals surface area contributed by atoms with Crippen LogP contribution in [-0.4, -0.2) is 24.8 Å². The highest BCUT2D eigenvalue weighted by Crippen LogP contribution is 2.16. The van der Waals surface area contributed by atoms with Crippen LogP contribution in [0.15, 0.2) is 48.7 Å². The molecular weight excluding hydrogens is 307 g/mol. The number of hydrogen-bond acceptors (Lipinski definition) is 5. The standard InChI is InChI=1S/C15H17FN2O3S/c1-2-18(12-14-5-3-4-10-17-14)11-13-6-8-15(9-7-13)21-22(16,19)20/h3-10H,2,11-12H2,1H3. The molecule has 2 rings (SSSR count). The molecule has 5 nitrogen and oxygen atoms in total. The van der Waals surface area contributed by atoms with Crippen molar-refractivity contribution in [3.05, 3.63) is 59.9 Å². The number of rotatable bonds is 7. The fourth-order valence-electron chi connectivity index (χ4n) is 2.02. The maximum atomic E-state index is 12.4. The maximum absolute atomic E-state index is 12.4. The molecule has 0 aliphatic heterocycles. The van der Waals surface area contributed by atoms with Gasteiger partial charge in [0.25, 0.3) is 0 Å². The molecule has 7 heteroatoms. The SMILES string of the molecule is CCN(Cc1ccc(OS(=O)(=O)F)cc1)Cc1ccccn1. The number of hydrogen-bond donors (Lipinski definition) is 0. The molecule has 0 fully saturated rings. The summed E-state index contributed by atoms with van der Waals surface area (Å²) >= 11 is 0. The van der Waals surface area contributed by atoms with E-state index in [1.807, 2.05) is 18.2 Å². The molecule has 0 saturated heterocycles. The Labute approximate surface area is 129 Å². The zero-order chi connectivity index (χ0) is 16.0. The first-order chi connectivity index (χ1) is 10.5. The first kappa shape index (κ1) is 16.4. The predicted molar refractivity (Wildman–Crippen MR) is 81.1 cm³/mol. The van der Waals surface area contributed by atoms with Crippen LogP contribution < -0.4 is 4.18 Å². The first-order valence-corrected chi connectivity index (χ1v) is 8.12. The van der Waals surface area contributed by atoms with Crippen molar-refractivity contribution < 1.29 is 16.5 Å². The molecule has 0 unspecified atom stereocenters. The molecule has 0 radical (unpaired) electrons. The number of benzene rings is 1. The molecule has 0 saturated carbocycles. The van der Waals surface area contributed by atoms with Crippen molar-refractivity contribution in [3.63, 3.8) is 0 Å². The van der Waals surface area contributed by atoms with Crippen molar-refractivity contribution in [2.75, 3.05) is 6.54 Å². The predicted octanol–water partition coefficient (Wildman–Crippen LogP) is 2.70. The number of nitrogens with zero attached hydrogens (tertiary/aromatic N) is 2. The van der Waals surface area contributed by atoms with Crippen molar-refractivity contribution in [3.8, 4) is 5.75 Å². The molecule has 1 aromatic heterocycles. The van der Waals surface area contributed by atoms with E-state index in [2.05, 4.69) is 21.0 Å². The van der Waals surface area contributed by atoms with Crippen LogP contribution in [0.2, 0.25) is 0 Å². The highest BCUT2D eigenvalue weighted by molar-refractivity contribution is 7.81. The van der Waals surface area contributed by atoms with Gasteiger partial charge in [-0.25, -0.2) is 0 Å². The van der Waals surface area contributed by atoms with Crippen LogP contribution in [0, 0.1) is 0 Å². The largest absolute Gasteiger partial charge is 0.488 e. The molecule has 0 amide bonds. The summed E-state index contributed by atoms with van der Waals surface area (Å²) < 4.78 is 37.4. The summed E-state index contributed by atoms with van der Waals surface area (Å²) in [6, 6.07) is 12.1. The van der Waals surface area contributed by atoms with E-state index in [-0.39, 0.29) is 5.75 Å². The molecule has 0 spiro atoms. The van der Waals surface area contributed by atoms with Crippen molar-refractivity contribution >= 4 is 10.5 Å². The van der Waals surface area contributed by atoms with Crippen molar-refractivity contribution in [1.29, 1.82) is 0 Å². The zero-order valence-corrected chi connectivity index (χ0v) is 13.0. The van der Waals surface area contributed by atoms with E-state index in [1.54, 1.807) is 18.3 Å². The zero-order valence-electron chi connectivity index (χ0n) is 12.1. The number of aromatic nitrogens is 1. The van der Waals surface area contributed by atoms with Gasteiger partial charge in [0.2, 0.25) is 0 Å². The molecule has 1 aromatic carbocycles. The number of halogens is 1. The summed E-state index contributed by atoms with van der Waals surface area (Å²) in [4.78, 5) is 6.48. The van der Waals surface area contributed by atoms with Crippen LogP contribution in [0.3, 0.4) is 0 Å². The van der Waals surface area contributed by atoms with E-state index in [9.17, 15) is 12.3 Å². The van der Waals surface area contributed by atoms with Crippen molar-refractivity contribution in [1.82, 2.24) is 9.88 Å². The smallest absolute Gasteiger partial charge is 0.358 e. The van der Waals surface area contributed by atoms with Gasteiger partial charge >= 0.3 is 10.5 Å². The van der Waals surface area contributed by atoms with Gasteiger partial charge in [0.1, 0.15) is 5.75 Å². The molecule has 0 aliphatic rings. The quantitative estimate of drug-likeness (QED) is 0.733. The van der Waals surface area contributed by atoms with Crippen LogP contribution in [0.1, 0.15) is 18.2 Å². The third-order valence-electron chi connectivity index (χ3n) is 3.08. The van der Waals surface area contributed by atoms with E-state index in [4.69, 9.17) is 0 Å². The van der Waals surface area contributed by atoms with Crippen LogP contribution in [0.5, 0.6) is 5.75 Å². The summed E-state index contributed by atoms with van der Waals surface area (Å²) in [7, 11) is -4.98. The lowest BCUT2D eigenvalue weighted by Crippen LogP contribution is -2.22. The van der Waals surface area contributed by atoms with E-state index < -0.39 is 10.5 Å². The topological polar surface area (TPSA) is 59.5 Å². The fourth-order valence-corrected chi connectivity index (χ4v) is 2.36. The van der Waals surface area contributed by atoms with Gasteiger partial charge in [-0.2, -0.15) is 8.42 Å². The van der Waals surface area contributed by atoms with Crippen LogP contribution >= 0.6 is 0 Å². The summed E-state index contributed by atoms with van der Waals surface area (Å²) in [6.45, 7) is 4.29. The number of pyridine rings is 1. The fraction of sp³-hybridized carbons (Fsp3) is 0.267. The Hall–Kier alpha value is -1.99. The van der Waals surface area contributed by atoms with E-state index >= 15 is 0 Å². The molecular formula is C15H17FN2O3S. The van der Waals surface area contributed by atoms with E-state index in [1.165, 1.54) is 12.1 Å². The minimum atomic E-state index is -4.98. The molecule has 1 heterocycles. The van der Waals surface area contributed by atoms with Gasteiger partial charge in [0.15, 0.2) is 0 Å². The molecule has 0 N–H and O–H groups in total. The average molecular weight is 324 g/mol. The monoisotopic (exact) mass is 324 g/mol. The highest BCUT2D eigenvalue weighted by Gasteiger charge is 2.10. The summed E-state index contributed by atoms with van der Waals surface area (Å²) in [5, 5.41) is 0. The van der Waals surface area contributed by atoms with Gasteiger partial charge < -0.3 is 4.18 Å². The second-order valence-corrected chi connectivity index (χ2v) is 5.70. The van der Waals surface area contributed by atoms with E-state index in [0.29, 0.717) is 13.1 Å². The second-order valence-electron chi connectivity index (χ2n) is 4.74. The van der Waals surface area contributed by atoms with E-state index in [0.717, 1.165) is 17.8 Å². The normalized spacial score (nSPS) is 11.6. The van der Waals surface area contributed by atoms with Crippen LogP contribution in [-0.2, 0) is 23.6 Å². The van der Waals surface area contributed by atoms with Crippen molar-refractivity contribution in [2.24, 2.45) is 0 Å². The lowest BCUT2D eigenvalue weighted by Gasteiger charge is -2.20. The molecule has 0 atom stereocenters. The third-order valence-corrected chi connectivity index (χ3v) is 3.48. The molecule has 118 valence electrons. The van der Waals surface area contributed by atoms with Gasteiger partial charge in [-0.05, 0) is 36.4 Å². The summed E-state index contributed by atoms with van der Waals surface area (Å²) in [5.41, 5.74) is 1.95. The Bertz CT molecular complexity index is 690. The minimum Gasteiger partial charge on any atom is -0.358 e. The van der Waals surface area contributed by atoms with Gasteiger partial charge in [-0.1, -0.05) is 29.0 Å². The molecule has 0 bridgehead atoms. The molecule has 22 heavy (non-hydrogen) atoms.